The summed E-state index contributed by atoms with van der Waals surface area (Å²) in [5.41, 5.74) is 0. The molecule has 3 unspecified atom stereocenters. The van der Waals surface area contributed by atoms with Crippen molar-refractivity contribution in [3.05, 3.63) is 0 Å². The van der Waals surface area contributed by atoms with Gasteiger partial charge in [-0.3, -0.25) is 14.5 Å². The molecule has 7 heteroatoms. The summed E-state index contributed by atoms with van der Waals surface area (Å²) in [5, 5.41) is 0. The van der Waals surface area contributed by atoms with Crippen LogP contribution in [0.1, 0.15) is 72.1 Å². The second-order valence-corrected chi connectivity index (χ2v) is 7.95. The number of carbonyl (C=O) groups is 2. The van der Waals surface area contributed by atoms with Gasteiger partial charge in [0.1, 0.15) is 5.78 Å². The maximum Gasteiger partial charge on any atom is 0.307 e. The van der Waals surface area contributed by atoms with Gasteiger partial charge in [0.2, 0.25) is 0 Å². The molecule has 0 saturated carbocycles. The number of ether oxygens (including phenoxy) is 1. The zero-order valence-electron chi connectivity index (χ0n) is 17.9. The van der Waals surface area contributed by atoms with E-state index in [-0.39, 0.29) is 42.9 Å². The van der Waals surface area contributed by atoms with Crippen LogP contribution in [0.25, 0.3) is 0 Å². The molecule has 5 nitrogen and oxygen atoms in total. The van der Waals surface area contributed by atoms with Crippen molar-refractivity contribution in [3.63, 3.8) is 0 Å². The van der Waals surface area contributed by atoms with Gasteiger partial charge in [0.05, 0.1) is 0 Å². The first-order chi connectivity index (χ1) is 12.6. The van der Waals surface area contributed by atoms with Gasteiger partial charge in [-0.15, -0.1) is 24.8 Å². The molecule has 0 radical (unpaired) electrons. The lowest BCUT2D eigenvalue weighted by Crippen LogP contribution is -2.51. The quantitative estimate of drug-likeness (QED) is 0.501. The third-order valence-corrected chi connectivity index (χ3v) is 5.99. The predicted octanol–water partition coefficient (Wildman–Crippen LogP) is 4.31. The lowest BCUT2D eigenvalue weighted by molar-refractivity contribution is -0.166. The number of unbranched alkanes of at least 4 members (excludes halogenated alkanes) is 2. The molecule has 0 aliphatic carbocycles. The number of hydrogen-bond donors (Lipinski definition) is 0. The van der Waals surface area contributed by atoms with Gasteiger partial charge in [-0.25, -0.2) is 0 Å². The second-order valence-electron chi connectivity index (χ2n) is 7.95. The third-order valence-electron chi connectivity index (χ3n) is 5.99. The molecule has 0 N–H and O–H groups in total. The molecule has 28 heavy (non-hydrogen) atoms. The standard InChI is InChI=1S/C21H38N2O3.2ClH/c1-4-7-11-22-13-10-19(24)18(16-22)17-9-14-23(12-8-5-2)20(15-17)26-21(25)6-3;;/h17-18,20H,4-16H2,1-3H3;2*1H. The molecule has 0 aromatic heterocycles. The van der Waals surface area contributed by atoms with Crippen LogP contribution in [-0.4, -0.2) is 60.5 Å². The van der Waals surface area contributed by atoms with Crippen molar-refractivity contribution in [1.29, 1.82) is 0 Å². The summed E-state index contributed by atoms with van der Waals surface area (Å²) in [5.74, 6) is 0.762. The molecule has 2 saturated heterocycles. The SMILES string of the molecule is CCCCN1CCC(=O)C(C2CCN(CCCC)C(OC(=O)CC)C2)C1.Cl.Cl. The Hall–Kier alpha value is -0.360. The summed E-state index contributed by atoms with van der Waals surface area (Å²) in [6.07, 6.45) is 7.47. The monoisotopic (exact) mass is 438 g/mol. The van der Waals surface area contributed by atoms with Crippen molar-refractivity contribution < 1.29 is 14.3 Å². The Morgan fingerprint density at radius 1 is 1.07 bits per heavy atom. The molecule has 2 rings (SSSR count). The van der Waals surface area contributed by atoms with Crippen LogP contribution in [0.5, 0.6) is 0 Å². The van der Waals surface area contributed by atoms with E-state index in [1.165, 1.54) is 12.8 Å². The number of rotatable bonds is 9. The van der Waals surface area contributed by atoms with E-state index >= 15 is 0 Å². The molecule has 2 aliphatic rings. The van der Waals surface area contributed by atoms with E-state index in [1.807, 2.05) is 6.92 Å². The van der Waals surface area contributed by atoms with E-state index in [9.17, 15) is 9.59 Å². The number of Topliss-reactive ketones (excluding diaryl/α,β-unsaturated/α-hetero) is 1. The topological polar surface area (TPSA) is 49.9 Å². The molecule has 166 valence electrons. The lowest BCUT2D eigenvalue weighted by Gasteiger charge is -2.43. The van der Waals surface area contributed by atoms with Crippen molar-refractivity contribution in [2.45, 2.75) is 78.4 Å². The van der Waals surface area contributed by atoms with Crippen LogP contribution in [0, 0.1) is 11.8 Å². The maximum absolute atomic E-state index is 12.6. The minimum Gasteiger partial charge on any atom is -0.446 e. The molecular weight excluding hydrogens is 399 g/mol. The Labute approximate surface area is 183 Å². The summed E-state index contributed by atoms with van der Waals surface area (Å²) >= 11 is 0. The number of likely N-dealkylation sites (tertiary alicyclic amines) is 2. The summed E-state index contributed by atoms with van der Waals surface area (Å²) < 4.78 is 5.76. The summed E-state index contributed by atoms with van der Waals surface area (Å²) in [7, 11) is 0. The van der Waals surface area contributed by atoms with Gasteiger partial charge in [0, 0.05) is 51.4 Å². The summed E-state index contributed by atoms with van der Waals surface area (Å²) in [6, 6.07) is 0. The van der Waals surface area contributed by atoms with Crippen LogP contribution in [0.2, 0.25) is 0 Å². The zero-order valence-corrected chi connectivity index (χ0v) is 19.5. The first-order valence-electron chi connectivity index (χ1n) is 10.8. The van der Waals surface area contributed by atoms with Crippen molar-refractivity contribution in [2.75, 3.05) is 32.7 Å². The number of ketones is 1. The van der Waals surface area contributed by atoms with Crippen LogP contribution in [0.4, 0.5) is 0 Å². The first-order valence-corrected chi connectivity index (χ1v) is 10.8. The number of esters is 1. The lowest BCUT2D eigenvalue weighted by atomic mass is 9.78. The van der Waals surface area contributed by atoms with Gasteiger partial charge >= 0.3 is 5.97 Å². The van der Waals surface area contributed by atoms with Crippen molar-refractivity contribution >= 4 is 36.6 Å². The normalized spacial score (nSPS) is 26.2. The van der Waals surface area contributed by atoms with Gasteiger partial charge in [0.25, 0.3) is 0 Å². The highest BCUT2D eigenvalue weighted by molar-refractivity contribution is 5.85. The van der Waals surface area contributed by atoms with Crippen molar-refractivity contribution in [1.82, 2.24) is 9.80 Å². The van der Waals surface area contributed by atoms with Crippen LogP contribution < -0.4 is 0 Å². The molecule has 2 heterocycles. The number of halogens is 2. The molecule has 3 atom stereocenters. The molecule has 2 fully saturated rings. The van der Waals surface area contributed by atoms with Crippen molar-refractivity contribution in [3.8, 4) is 0 Å². The molecule has 0 bridgehead atoms. The van der Waals surface area contributed by atoms with Gasteiger partial charge in [-0.05, 0) is 31.7 Å². The maximum atomic E-state index is 12.6. The van der Waals surface area contributed by atoms with Gasteiger partial charge in [0.15, 0.2) is 6.23 Å². The highest BCUT2D eigenvalue weighted by Gasteiger charge is 2.39. The fourth-order valence-corrected chi connectivity index (χ4v) is 4.26. The highest BCUT2D eigenvalue weighted by atomic mass is 35.5. The number of piperidine rings is 2. The summed E-state index contributed by atoms with van der Waals surface area (Å²) in [4.78, 5) is 29.3. The van der Waals surface area contributed by atoms with E-state index in [0.717, 1.165) is 58.4 Å². The predicted molar refractivity (Wildman–Crippen MR) is 118 cm³/mol. The van der Waals surface area contributed by atoms with E-state index in [4.69, 9.17) is 4.74 Å². The van der Waals surface area contributed by atoms with Crippen LogP contribution in [-0.2, 0) is 14.3 Å². The minimum atomic E-state index is -0.147. The Balaban J connectivity index is 0.00000364. The molecule has 2 aliphatic heterocycles. The van der Waals surface area contributed by atoms with Crippen molar-refractivity contribution in [2.24, 2.45) is 11.8 Å². The number of carbonyl (C=O) groups excluding carboxylic acids is 2. The fraction of sp³-hybridized carbons (Fsp3) is 0.905. The largest absolute Gasteiger partial charge is 0.446 e. The van der Waals surface area contributed by atoms with Crippen LogP contribution >= 0.6 is 24.8 Å². The van der Waals surface area contributed by atoms with E-state index in [2.05, 4.69) is 23.6 Å². The number of nitrogens with zero attached hydrogens (tertiary/aromatic N) is 2. The average molecular weight is 439 g/mol. The smallest absolute Gasteiger partial charge is 0.307 e. The fourth-order valence-electron chi connectivity index (χ4n) is 4.26. The molecule has 0 aromatic carbocycles. The van der Waals surface area contributed by atoms with Gasteiger partial charge < -0.3 is 9.64 Å². The van der Waals surface area contributed by atoms with E-state index in [1.54, 1.807) is 0 Å². The molecule has 0 spiro atoms. The Kier molecular flexibility index (Phi) is 14.4. The van der Waals surface area contributed by atoms with Gasteiger partial charge in [-0.1, -0.05) is 33.6 Å². The zero-order chi connectivity index (χ0) is 18.9. The van der Waals surface area contributed by atoms with Crippen LogP contribution in [0.15, 0.2) is 0 Å². The summed E-state index contributed by atoms with van der Waals surface area (Å²) in [6.45, 7) is 11.1. The minimum absolute atomic E-state index is 0. The van der Waals surface area contributed by atoms with Crippen LogP contribution in [0.3, 0.4) is 0 Å². The molecule has 0 amide bonds. The Bertz CT molecular complexity index is 465. The van der Waals surface area contributed by atoms with E-state index in [0.29, 0.717) is 24.5 Å². The Morgan fingerprint density at radius 2 is 1.75 bits per heavy atom. The molecule has 0 aromatic rings. The van der Waals surface area contributed by atoms with Gasteiger partial charge in [-0.2, -0.15) is 0 Å². The van der Waals surface area contributed by atoms with E-state index < -0.39 is 0 Å². The Morgan fingerprint density at radius 3 is 2.39 bits per heavy atom. The average Bonchev–Trinajstić information content (AvgIpc) is 2.66. The third kappa shape index (κ3) is 8.17. The first kappa shape index (κ1) is 27.6. The highest BCUT2D eigenvalue weighted by Crippen LogP contribution is 2.33. The molecular formula is C21H40Cl2N2O3. The number of hydrogen-bond acceptors (Lipinski definition) is 5. The second kappa shape index (κ2) is 14.6.